The van der Waals surface area contributed by atoms with Crippen LogP contribution < -0.4 is 4.72 Å². The summed E-state index contributed by atoms with van der Waals surface area (Å²) in [4.78, 5) is 2.18. The van der Waals surface area contributed by atoms with Gasteiger partial charge in [-0.3, -0.25) is 4.72 Å². The number of rotatable bonds is 5. The molecule has 0 heterocycles. The maximum Gasteiger partial charge on any atom is 0.261 e. The summed E-state index contributed by atoms with van der Waals surface area (Å²) in [5.74, 6) is 0. The maximum atomic E-state index is 12.6. The van der Waals surface area contributed by atoms with E-state index in [1.807, 2.05) is 61.5 Å². The first-order valence-electron chi connectivity index (χ1n) is 7.46. The van der Waals surface area contributed by atoms with Crippen LogP contribution in [0.3, 0.4) is 0 Å². The first-order chi connectivity index (χ1) is 11.5. The second kappa shape index (κ2) is 7.11. The van der Waals surface area contributed by atoms with Gasteiger partial charge in [-0.25, -0.2) is 8.42 Å². The van der Waals surface area contributed by atoms with Crippen LogP contribution in [-0.2, 0) is 10.0 Å². The molecule has 0 atom stereocenters. The zero-order valence-corrected chi connectivity index (χ0v) is 14.8. The minimum absolute atomic E-state index is 0.266. The Balaban J connectivity index is 1.90. The van der Waals surface area contributed by atoms with Gasteiger partial charge in [0, 0.05) is 9.79 Å². The van der Waals surface area contributed by atoms with E-state index in [2.05, 4.69) is 4.72 Å². The topological polar surface area (TPSA) is 46.2 Å². The zero-order valence-electron chi connectivity index (χ0n) is 13.1. The third-order valence-corrected chi connectivity index (χ3v) is 5.85. The van der Waals surface area contributed by atoms with Crippen LogP contribution in [0.4, 0.5) is 5.69 Å². The second-order valence-electron chi connectivity index (χ2n) is 5.33. The first kappa shape index (κ1) is 16.6. The second-order valence-corrected chi connectivity index (χ2v) is 8.13. The quantitative estimate of drug-likeness (QED) is 0.704. The van der Waals surface area contributed by atoms with Crippen molar-refractivity contribution in [3.05, 3.63) is 84.4 Å². The predicted octanol–water partition coefficient (Wildman–Crippen LogP) is 4.95. The lowest BCUT2D eigenvalue weighted by Gasteiger charge is -2.12. The van der Waals surface area contributed by atoms with Gasteiger partial charge in [0.15, 0.2) is 0 Å². The average Bonchev–Trinajstić information content (AvgIpc) is 2.57. The van der Waals surface area contributed by atoms with Crippen molar-refractivity contribution in [3.8, 4) is 0 Å². The van der Waals surface area contributed by atoms with Crippen LogP contribution in [0.1, 0.15) is 5.56 Å². The Morgan fingerprint density at radius 2 is 1.54 bits per heavy atom. The lowest BCUT2D eigenvalue weighted by atomic mass is 10.2. The van der Waals surface area contributed by atoms with E-state index < -0.39 is 10.0 Å². The molecule has 0 saturated carbocycles. The van der Waals surface area contributed by atoms with Gasteiger partial charge in [-0.05, 0) is 48.9 Å². The summed E-state index contributed by atoms with van der Waals surface area (Å²) < 4.78 is 28.0. The van der Waals surface area contributed by atoms with E-state index in [0.29, 0.717) is 5.69 Å². The molecule has 0 aliphatic heterocycles. The standard InChI is InChI=1S/C19H17NO2S2/c1-15-8-7-11-17(14-15)24(21,22)20-18-12-5-6-13-19(18)23-16-9-3-2-4-10-16/h2-14,20H,1H3. The van der Waals surface area contributed by atoms with Gasteiger partial charge in [-0.1, -0.05) is 54.2 Å². The van der Waals surface area contributed by atoms with Crippen LogP contribution in [0.5, 0.6) is 0 Å². The molecule has 24 heavy (non-hydrogen) atoms. The summed E-state index contributed by atoms with van der Waals surface area (Å²) in [5.41, 5.74) is 1.48. The van der Waals surface area contributed by atoms with E-state index in [0.717, 1.165) is 15.4 Å². The summed E-state index contributed by atoms with van der Waals surface area (Å²) in [6, 6.07) is 24.2. The predicted molar refractivity (Wildman–Crippen MR) is 99.0 cm³/mol. The Morgan fingerprint density at radius 1 is 0.833 bits per heavy atom. The Hall–Kier alpha value is -2.24. The molecule has 0 bridgehead atoms. The van der Waals surface area contributed by atoms with E-state index in [1.54, 1.807) is 24.3 Å². The molecule has 3 rings (SSSR count). The van der Waals surface area contributed by atoms with Gasteiger partial charge >= 0.3 is 0 Å². The third kappa shape index (κ3) is 3.99. The Kier molecular flexibility index (Phi) is 4.92. The van der Waals surface area contributed by atoms with Crippen molar-refractivity contribution in [1.82, 2.24) is 0 Å². The first-order valence-corrected chi connectivity index (χ1v) is 9.76. The summed E-state index contributed by atoms with van der Waals surface area (Å²) in [7, 11) is -3.61. The fraction of sp³-hybridized carbons (Fsp3) is 0.0526. The van der Waals surface area contributed by atoms with Crippen LogP contribution in [0.15, 0.2) is 93.5 Å². The maximum absolute atomic E-state index is 12.6. The highest BCUT2D eigenvalue weighted by molar-refractivity contribution is 7.99. The molecule has 0 amide bonds. The van der Waals surface area contributed by atoms with E-state index in [-0.39, 0.29) is 4.90 Å². The van der Waals surface area contributed by atoms with Gasteiger partial charge in [0.25, 0.3) is 10.0 Å². The molecular formula is C19H17NO2S2. The zero-order chi connectivity index (χ0) is 17.0. The number of benzene rings is 3. The number of para-hydroxylation sites is 1. The number of nitrogens with one attached hydrogen (secondary N) is 1. The molecule has 0 fully saturated rings. The van der Waals surface area contributed by atoms with Crippen LogP contribution in [0, 0.1) is 6.92 Å². The normalized spacial score (nSPS) is 11.2. The number of hydrogen-bond donors (Lipinski definition) is 1. The van der Waals surface area contributed by atoms with E-state index in [9.17, 15) is 8.42 Å². The van der Waals surface area contributed by atoms with E-state index >= 15 is 0 Å². The van der Waals surface area contributed by atoms with Crippen molar-refractivity contribution in [3.63, 3.8) is 0 Å². The highest BCUT2D eigenvalue weighted by Gasteiger charge is 2.16. The fourth-order valence-corrected chi connectivity index (χ4v) is 4.41. The van der Waals surface area contributed by atoms with Crippen LogP contribution >= 0.6 is 11.8 Å². The summed E-state index contributed by atoms with van der Waals surface area (Å²) in [6.45, 7) is 1.87. The lowest BCUT2D eigenvalue weighted by molar-refractivity contribution is 0.601. The third-order valence-electron chi connectivity index (χ3n) is 3.40. The minimum Gasteiger partial charge on any atom is -0.278 e. The van der Waals surface area contributed by atoms with E-state index in [4.69, 9.17) is 0 Å². The van der Waals surface area contributed by atoms with Crippen LogP contribution in [0.2, 0.25) is 0 Å². The van der Waals surface area contributed by atoms with Gasteiger partial charge in [0.1, 0.15) is 0 Å². The minimum atomic E-state index is -3.61. The highest BCUT2D eigenvalue weighted by Crippen LogP contribution is 2.34. The SMILES string of the molecule is Cc1cccc(S(=O)(=O)Nc2ccccc2Sc2ccccc2)c1. The molecule has 0 spiro atoms. The molecule has 0 aliphatic rings. The van der Waals surface area contributed by atoms with Gasteiger partial charge in [0.05, 0.1) is 10.6 Å². The Bertz CT molecular complexity index is 938. The van der Waals surface area contributed by atoms with Crippen molar-refractivity contribution in [1.29, 1.82) is 0 Å². The molecule has 3 nitrogen and oxygen atoms in total. The molecule has 3 aromatic rings. The summed E-state index contributed by atoms with van der Waals surface area (Å²) in [5, 5.41) is 0. The number of aryl methyl sites for hydroxylation is 1. The van der Waals surface area contributed by atoms with Crippen molar-refractivity contribution in [2.24, 2.45) is 0 Å². The molecule has 0 unspecified atom stereocenters. The van der Waals surface area contributed by atoms with Crippen LogP contribution in [-0.4, -0.2) is 8.42 Å². The Morgan fingerprint density at radius 3 is 2.29 bits per heavy atom. The molecule has 0 aliphatic carbocycles. The molecule has 0 radical (unpaired) electrons. The monoisotopic (exact) mass is 355 g/mol. The number of sulfonamides is 1. The number of hydrogen-bond acceptors (Lipinski definition) is 3. The lowest BCUT2D eigenvalue weighted by Crippen LogP contribution is -2.13. The fourth-order valence-electron chi connectivity index (χ4n) is 2.24. The molecule has 5 heteroatoms. The summed E-state index contributed by atoms with van der Waals surface area (Å²) in [6.07, 6.45) is 0. The van der Waals surface area contributed by atoms with Crippen molar-refractivity contribution in [2.75, 3.05) is 4.72 Å². The number of anilines is 1. The largest absolute Gasteiger partial charge is 0.278 e. The van der Waals surface area contributed by atoms with Crippen molar-refractivity contribution < 1.29 is 8.42 Å². The molecule has 1 N–H and O–H groups in total. The molecular weight excluding hydrogens is 338 g/mol. The van der Waals surface area contributed by atoms with Crippen molar-refractivity contribution in [2.45, 2.75) is 21.6 Å². The molecule has 122 valence electrons. The van der Waals surface area contributed by atoms with E-state index in [1.165, 1.54) is 11.8 Å². The summed E-state index contributed by atoms with van der Waals surface area (Å²) >= 11 is 1.53. The van der Waals surface area contributed by atoms with Gasteiger partial charge in [-0.2, -0.15) is 0 Å². The highest BCUT2D eigenvalue weighted by atomic mass is 32.2. The van der Waals surface area contributed by atoms with Gasteiger partial charge < -0.3 is 0 Å². The molecule has 3 aromatic carbocycles. The Labute approximate surface area is 146 Å². The molecule has 0 aromatic heterocycles. The molecule has 0 saturated heterocycles. The van der Waals surface area contributed by atoms with Crippen LogP contribution in [0.25, 0.3) is 0 Å². The van der Waals surface area contributed by atoms with Gasteiger partial charge in [0.2, 0.25) is 0 Å². The smallest absolute Gasteiger partial charge is 0.261 e. The van der Waals surface area contributed by atoms with Crippen molar-refractivity contribution >= 4 is 27.5 Å². The average molecular weight is 355 g/mol. The van der Waals surface area contributed by atoms with Gasteiger partial charge in [-0.15, -0.1) is 0 Å².